The van der Waals surface area contributed by atoms with Gasteiger partial charge in [-0.25, -0.2) is 13.1 Å². The summed E-state index contributed by atoms with van der Waals surface area (Å²) in [7, 11) is -3.60. The van der Waals surface area contributed by atoms with Crippen molar-refractivity contribution in [2.45, 2.75) is 18.7 Å². The maximum Gasteiger partial charge on any atom is 0.251 e. The van der Waals surface area contributed by atoms with Crippen LogP contribution in [0.25, 0.3) is 0 Å². The molecule has 0 atom stereocenters. The summed E-state index contributed by atoms with van der Waals surface area (Å²) in [5.74, 6) is 0.398. The summed E-state index contributed by atoms with van der Waals surface area (Å²) < 4.78 is 32.1. The highest BCUT2D eigenvalue weighted by atomic mass is 32.2. The molecule has 0 spiro atoms. The zero-order chi connectivity index (χ0) is 18.3. The van der Waals surface area contributed by atoms with Crippen LogP contribution in [0, 0.1) is 6.92 Å². The van der Waals surface area contributed by atoms with Crippen molar-refractivity contribution in [3.05, 3.63) is 59.7 Å². The molecular formula is C18H22N2O4S. The van der Waals surface area contributed by atoms with Gasteiger partial charge >= 0.3 is 0 Å². The smallest absolute Gasteiger partial charge is 0.251 e. The van der Waals surface area contributed by atoms with Gasteiger partial charge in [-0.2, -0.15) is 0 Å². The molecule has 0 aliphatic rings. The number of hydrogen-bond acceptors (Lipinski definition) is 4. The molecule has 6 nitrogen and oxygen atoms in total. The lowest BCUT2D eigenvalue weighted by atomic mass is 10.1. The van der Waals surface area contributed by atoms with E-state index in [1.54, 1.807) is 19.9 Å². The molecule has 0 heterocycles. The van der Waals surface area contributed by atoms with E-state index in [-0.39, 0.29) is 17.3 Å². The van der Waals surface area contributed by atoms with Gasteiger partial charge in [-0.3, -0.25) is 4.79 Å². The highest BCUT2D eigenvalue weighted by Crippen LogP contribution is 2.15. The first kappa shape index (κ1) is 19.0. The van der Waals surface area contributed by atoms with E-state index in [2.05, 4.69) is 10.0 Å². The van der Waals surface area contributed by atoms with Crippen LogP contribution in [0.4, 0.5) is 0 Å². The summed E-state index contributed by atoms with van der Waals surface area (Å²) in [5.41, 5.74) is 1.04. The van der Waals surface area contributed by atoms with Gasteiger partial charge in [0, 0.05) is 12.1 Å². The molecule has 1 amide bonds. The maximum atomic E-state index is 12.3. The molecule has 7 heteroatoms. The van der Waals surface area contributed by atoms with Crippen molar-refractivity contribution in [2.24, 2.45) is 0 Å². The molecule has 0 saturated heterocycles. The van der Waals surface area contributed by atoms with Gasteiger partial charge in [-0.05, 0) is 36.8 Å². The second kappa shape index (κ2) is 8.64. The predicted molar refractivity (Wildman–Crippen MR) is 96.3 cm³/mol. The SMILES string of the molecule is CCNS(=O)(=O)c1ccc(C)c(C(=O)NCCOc2ccccc2)c1. The van der Waals surface area contributed by atoms with Crippen molar-refractivity contribution in [3.63, 3.8) is 0 Å². The number of aryl methyl sites for hydroxylation is 1. The van der Waals surface area contributed by atoms with Crippen LogP contribution in [0.5, 0.6) is 5.75 Å². The zero-order valence-corrected chi connectivity index (χ0v) is 15.1. The minimum Gasteiger partial charge on any atom is -0.492 e. The van der Waals surface area contributed by atoms with E-state index in [4.69, 9.17) is 4.74 Å². The van der Waals surface area contributed by atoms with Crippen LogP contribution in [0.1, 0.15) is 22.8 Å². The summed E-state index contributed by atoms with van der Waals surface area (Å²) >= 11 is 0. The fourth-order valence-electron chi connectivity index (χ4n) is 2.23. The number of rotatable bonds is 8. The number of carbonyl (C=O) groups is 1. The van der Waals surface area contributed by atoms with Crippen molar-refractivity contribution >= 4 is 15.9 Å². The summed E-state index contributed by atoms with van der Waals surface area (Å²) in [6.45, 7) is 4.39. The molecule has 25 heavy (non-hydrogen) atoms. The Hall–Kier alpha value is -2.38. The van der Waals surface area contributed by atoms with Crippen LogP contribution < -0.4 is 14.8 Å². The number of nitrogens with one attached hydrogen (secondary N) is 2. The molecule has 0 aliphatic heterocycles. The van der Waals surface area contributed by atoms with Crippen molar-refractivity contribution in [1.82, 2.24) is 10.0 Å². The number of carbonyl (C=O) groups excluding carboxylic acids is 1. The Morgan fingerprint density at radius 2 is 1.84 bits per heavy atom. The molecule has 0 aliphatic carbocycles. The number of hydrogen-bond donors (Lipinski definition) is 2. The Morgan fingerprint density at radius 1 is 1.12 bits per heavy atom. The maximum absolute atomic E-state index is 12.3. The lowest BCUT2D eigenvalue weighted by molar-refractivity contribution is 0.0946. The van der Waals surface area contributed by atoms with Crippen LogP contribution in [-0.4, -0.2) is 34.0 Å². The molecule has 0 aromatic heterocycles. The number of ether oxygens (including phenoxy) is 1. The van der Waals surface area contributed by atoms with E-state index in [0.717, 1.165) is 5.75 Å². The van der Waals surface area contributed by atoms with Crippen molar-refractivity contribution in [2.75, 3.05) is 19.7 Å². The Kier molecular flexibility index (Phi) is 6.55. The summed E-state index contributed by atoms with van der Waals surface area (Å²) in [5, 5.41) is 2.74. The molecular weight excluding hydrogens is 340 g/mol. The minimum atomic E-state index is -3.60. The minimum absolute atomic E-state index is 0.0747. The third kappa shape index (κ3) is 5.30. The zero-order valence-electron chi connectivity index (χ0n) is 14.3. The normalized spacial score (nSPS) is 11.1. The predicted octanol–water partition coefficient (Wildman–Crippen LogP) is 2.10. The first-order valence-electron chi connectivity index (χ1n) is 8.00. The molecule has 2 aromatic rings. The van der Waals surface area contributed by atoms with E-state index >= 15 is 0 Å². The molecule has 2 aromatic carbocycles. The highest BCUT2D eigenvalue weighted by Gasteiger charge is 2.17. The number of amides is 1. The quantitative estimate of drug-likeness (QED) is 0.705. The van der Waals surface area contributed by atoms with Crippen LogP contribution in [0.3, 0.4) is 0 Å². The van der Waals surface area contributed by atoms with E-state index in [9.17, 15) is 13.2 Å². The monoisotopic (exact) mass is 362 g/mol. The Balaban J connectivity index is 1.99. The lowest BCUT2D eigenvalue weighted by Gasteiger charge is -2.11. The molecule has 2 N–H and O–H groups in total. The van der Waals surface area contributed by atoms with Gasteiger partial charge in [0.25, 0.3) is 5.91 Å². The van der Waals surface area contributed by atoms with Gasteiger partial charge in [0.1, 0.15) is 12.4 Å². The second-order valence-electron chi connectivity index (χ2n) is 5.40. The lowest BCUT2D eigenvalue weighted by Crippen LogP contribution is -2.29. The van der Waals surface area contributed by atoms with E-state index in [1.165, 1.54) is 12.1 Å². The van der Waals surface area contributed by atoms with Gasteiger partial charge in [-0.15, -0.1) is 0 Å². The molecule has 0 bridgehead atoms. The number of sulfonamides is 1. The third-order valence-corrected chi connectivity index (χ3v) is 5.04. The number of benzene rings is 2. The van der Waals surface area contributed by atoms with Crippen molar-refractivity contribution < 1.29 is 17.9 Å². The first-order chi connectivity index (χ1) is 11.9. The van der Waals surface area contributed by atoms with Gasteiger partial charge in [-0.1, -0.05) is 31.2 Å². The average molecular weight is 362 g/mol. The number of para-hydroxylation sites is 1. The van der Waals surface area contributed by atoms with Crippen molar-refractivity contribution in [3.8, 4) is 5.75 Å². The molecule has 134 valence electrons. The molecule has 0 fully saturated rings. The topological polar surface area (TPSA) is 84.5 Å². The fraction of sp³-hybridized carbons (Fsp3) is 0.278. The van der Waals surface area contributed by atoms with Crippen molar-refractivity contribution in [1.29, 1.82) is 0 Å². The highest BCUT2D eigenvalue weighted by molar-refractivity contribution is 7.89. The Labute approximate surface area is 148 Å². The van der Waals surface area contributed by atoms with Gasteiger partial charge in [0.05, 0.1) is 11.4 Å². The van der Waals surface area contributed by atoms with Crippen LogP contribution in [0.15, 0.2) is 53.4 Å². The molecule has 0 radical (unpaired) electrons. The largest absolute Gasteiger partial charge is 0.492 e. The summed E-state index contributed by atoms with van der Waals surface area (Å²) in [6, 6.07) is 13.8. The Morgan fingerprint density at radius 3 is 2.52 bits per heavy atom. The van der Waals surface area contributed by atoms with E-state index in [1.807, 2.05) is 30.3 Å². The van der Waals surface area contributed by atoms with Gasteiger partial charge < -0.3 is 10.1 Å². The fourth-order valence-corrected chi connectivity index (χ4v) is 3.30. The summed E-state index contributed by atoms with van der Waals surface area (Å²) in [4.78, 5) is 12.4. The first-order valence-corrected chi connectivity index (χ1v) is 9.48. The Bertz CT molecular complexity index is 820. The van der Waals surface area contributed by atoms with Crippen LogP contribution >= 0.6 is 0 Å². The van der Waals surface area contributed by atoms with Crippen LogP contribution in [0.2, 0.25) is 0 Å². The average Bonchev–Trinajstić information content (AvgIpc) is 2.59. The second-order valence-corrected chi connectivity index (χ2v) is 7.16. The molecule has 2 rings (SSSR count). The molecule has 0 saturated carbocycles. The van der Waals surface area contributed by atoms with E-state index < -0.39 is 10.0 Å². The third-order valence-electron chi connectivity index (χ3n) is 3.50. The molecule has 0 unspecified atom stereocenters. The summed E-state index contributed by atoms with van der Waals surface area (Å²) in [6.07, 6.45) is 0. The standard InChI is InChI=1S/C18H22N2O4S/c1-3-20-25(22,23)16-10-9-14(2)17(13-16)18(21)19-11-12-24-15-7-5-4-6-8-15/h4-10,13,20H,3,11-12H2,1-2H3,(H,19,21). The van der Waals surface area contributed by atoms with Gasteiger partial charge in [0.15, 0.2) is 0 Å². The van der Waals surface area contributed by atoms with Crippen LogP contribution in [-0.2, 0) is 10.0 Å². The van der Waals surface area contributed by atoms with Gasteiger partial charge in [0.2, 0.25) is 10.0 Å². The van der Waals surface area contributed by atoms with E-state index in [0.29, 0.717) is 24.3 Å².